The highest BCUT2D eigenvalue weighted by Crippen LogP contribution is 2.16. The van der Waals surface area contributed by atoms with Crippen LogP contribution in [0, 0.1) is 24.2 Å². The summed E-state index contributed by atoms with van der Waals surface area (Å²) in [6, 6.07) is 6.45. The van der Waals surface area contributed by atoms with E-state index < -0.39 is 10.0 Å². The molecular formula is C14H20N2O2S. The van der Waals surface area contributed by atoms with Crippen LogP contribution >= 0.6 is 0 Å². The number of hydrogen-bond donors (Lipinski definition) is 1. The van der Waals surface area contributed by atoms with Gasteiger partial charge in [-0.1, -0.05) is 13.8 Å². The van der Waals surface area contributed by atoms with E-state index in [2.05, 4.69) is 18.6 Å². The highest BCUT2D eigenvalue weighted by molar-refractivity contribution is 7.89. The van der Waals surface area contributed by atoms with Crippen LogP contribution < -0.4 is 4.72 Å². The summed E-state index contributed by atoms with van der Waals surface area (Å²) in [7, 11) is -3.51. The molecule has 0 aliphatic carbocycles. The second kappa shape index (κ2) is 6.18. The van der Waals surface area contributed by atoms with Gasteiger partial charge in [0.15, 0.2) is 0 Å². The van der Waals surface area contributed by atoms with Crippen molar-refractivity contribution >= 4 is 10.0 Å². The van der Waals surface area contributed by atoms with Gasteiger partial charge in [0.2, 0.25) is 10.0 Å². The maximum Gasteiger partial charge on any atom is 0.240 e. The largest absolute Gasteiger partial charge is 0.240 e. The molecule has 1 rings (SSSR count). The maximum absolute atomic E-state index is 12.2. The monoisotopic (exact) mass is 280 g/mol. The van der Waals surface area contributed by atoms with Crippen molar-refractivity contribution in [3.8, 4) is 6.07 Å². The summed E-state index contributed by atoms with van der Waals surface area (Å²) in [6.45, 7) is 7.69. The van der Waals surface area contributed by atoms with E-state index in [0.29, 0.717) is 17.0 Å². The Labute approximate surface area is 115 Å². The average molecular weight is 280 g/mol. The fourth-order valence-electron chi connectivity index (χ4n) is 2.02. The smallest absolute Gasteiger partial charge is 0.208 e. The zero-order chi connectivity index (χ0) is 14.6. The quantitative estimate of drug-likeness (QED) is 0.901. The first kappa shape index (κ1) is 15.7. The Morgan fingerprint density at radius 2 is 1.95 bits per heavy atom. The molecule has 5 heteroatoms. The molecule has 1 aromatic rings. The Balaban J connectivity index is 2.95. The highest BCUT2D eigenvalue weighted by Gasteiger charge is 2.18. The average Bonchev–Trinajstić information content (AvgIpc) is 2.26. The van der Waals surface area contributed by atoms with Crippen LogP contribution in [-0.4, -0.2) is 14.5 Å². The van der Waals surface area contributed by atoms with Gasteiger partial charge in [-0.25, -0.2) is 13.1 Å². The summed E-state index contributed by atoms with van der Waals surface area (Å²) in [5, 5.41) is 8.84. The van der Waals surface area contributed by atoms with Crippen LogP contribution in [0.5, 0.6) is 0 Å². The van der Waals surface area contributed by atoms with Crippen LogP contribution in [0.4, 0.5) is 0 Å². The van der Waals surface area contributed by atoms with Crippen molar-refractivity contribution in [3.63, 3.8) is 0 Å². The Kier molecular flexibility index (Phi) is 5.10. The molecule has 0 saturated carbocycles. The van der Waals surface area contributed by atoms with E-state index in [0.717, 1.165) is 6.42 Å². The number of hydrogen-bond acceptors (Lipinski definition) is 3. The molecule has 4 nitrogen and oxygen atoms in total. The van der Waals surface area contributed by atoms with E-state index >= 15 is 0 Å². The molecule has 0 amide bonds. The molecule has 104 valence electrons. The lowest BCUT2D eigenvalue weighted by Gasteiger charge is -2.16. The lowest BCUT2D eigenvalue weighted by atomic mass is 10.1. The van der Waals surface area contributed by atoms with E-state index in [1.54, 1.807) is 6.92 Å². The highest BCUT2D eigenvalue weighted by atomic mass is 32.2. The van der Waals surface area contributed by atoms with Gasteiger partial charge in [-0.2, -0.15) is 5.26 Å². The topological polar surface area (TPSA) is 70.0 Å². The van der Waals surface area contributed by atoms with Crippen molar-refractivity contribution in [1.82, 2.24) is 4.72 Å². The zero-order valence-electron chi connectivity index (χ0n) is 11.8. The van der Waals surface area contributed by atoms with E-state index in [1.807, 2.05) is 13.0 Å². The third-order valence-corrected chi connectivity index (χ3v) is 4.40. The third-order valence-electron chi connectivity index (χ3n) is 2.81. The minimum absolute atomic E-state index is 0.110. The number of nitriles is 1. The molecule has 0 radical (unpaired) electrons. The summed E-state index contributed by atoms with van der Waals surface area (Å²) in [5.41, 5.74) is 1.16. The van der Waals surface area contributed by atoms with Crippen LogP contribution in [0.1, 0.15) is 38.3 Å². The van der Waals surface area contributed by atoms with Crippen molar-refractivity contribution in [3.05, 3.63) is 29.3 Å². The number of benzene rings is 1. The first-order valence-electron chi connectivity index (χ1n) is 6.29. The van der Waals surface area contributed by atoms with Crippen molar-refractivity contribution in [2.45, 2.75) is 45.1 Å². The Morgan fingerprint density at radius 1 is 1.32 bits per heavy atom. The molecule has 0 aliphatic rings. The molecular weight excluding hydrogens is 260 g/mol. The number of aryl methyl sites for hydroxylation is 1. The zero-order valence-corrected chi connectivity index (χ0v) is 12.6. The summed E-state index contributed by atoms with van der Waals surface area (Å²) in [4.78, 5) is 0.208. The minimum atomic E-state index is -3.51. The van der Waals surface area contributed by atoms with Crippen molar-refractivity contribution < 1.29 is 8.42 Å². The fraction of sp³-hybridized carbons (Fsp3) is 0.500. The van der Waals surface area contributed by atoms with Gasteiger partial charge in [0.25, 0.3) is 0 Å². The van der Waals surface area contributed by atoms with E-state index in [1.165, 1.54) is 18.2 Å². The molecule has 0 aliphatic heterocycles. The van der Waals surface area contributed by atoms with Crippen LogP contribution in [0.2, 0.25) is 0 Å². The first-order chi connectivity index (χ1) is 8.76. The summed E-state index contributed by atoms with van der Waals surface area (Å²) < 4.78 is 27.0. The van der Waals surface area contributed by atoms with E-state index in [4.69, 9.17) is 5.26 Å². The Hall–Kier alpha value is -1.38. The number of rotatable bonds is 5. The van der Waals surface area contributed by atoms with Crippen molar-refractivity contribution in [1.29, 1.82) is 5.26 Å². The molecule has 0 heterocycles. The molecule has 19 heavy (non-hydrogen) atoms. The number of nitrogens with zero attached hydrogens (tertiary/aromatic N) is 1. The molecule has 1 unspecified atom stereocenters. The van der Waals surface area contributed by atoms with Crippen molar-refractivity contribution in [2.24, 2.45) is 5.92 Å². The van der Waals surface area contributed by atoms with Crippen LogP contribution in [0.25, 0.3) is 0 Å². The fourth-order valence-corrected chi connectivity index (χ4v) is 3.36. The second-order valence-electron chi connectivity index (χ2n) is 5.24. The SMILES string of the molecule is Cc1cc(S(=O)(=O)NC(C)CC(C)C)ccc1C#N. The molecule has 0 fully saturated rings. The number of sulfonamides is 1. The van der Waals surface area contributed by atoms with Crippen LogP contribution in [0.15, 0.2) is 23.1 Å². The molecule has 0 aromatic heterocycles. The molecule has 1 aromatic carbocycles. The number of nitrogens with one attached hydrogen (secondary N) is 1. The summed E-state index contributed by atoms with van der Waals surface area (Å²) in [5.74, 6) is 0.431. The standard InChI is InChI=1S/C14H20N2O2S/c1-10(2)7-12(4)16-19(17,18)14-6-5-13(9-15)11(3)8-14/h5-6,8,10,12,16H,7H2,1-4H3. The second-order valence-corrected chi connectivity index (χ2v) is 6.95. The summed E-state index contributed by atoms with van der Waals surface area (Å²) in [6.07, 6.45) is 0.786. The minimum Gasteiger partial charge on any atom is -0.208 e. The van der Waals surface area contributed by atoms with Gasteiger partial charge in [0.1, 0.15) is 0 Å². The Morgan fingerprint density at radius 3 is 2.42 bits per heavy atom. The predicted octanol–water partition coefficient (Wildman–Crippen LogP) is 2.58. The Bertz CT molecular complexity index is 586. The first-order valence-corrected chi connectivity index (χ1v) is 7.77. The van der Waals surface area contributed by atoms with Gasteiger partial charge in [0.05, 0.1) is 16.5 Å². The van der Waals surface area contributed by atoms with Gasteiger partial charge in [-0.05, 0) is 49.9 Å². The van der Waals surface area contributed by atoms with Crippen molar-refractivity contribution in [2.75, 3.05) is 0 Å². The van der Waals surface area contributed by atoms with E-state index in [9.17, 15) is 8.42 Å². The third kappa shape index (κ3) is 4.34. The maximum atomic E-state index is 12.2. The molecule has 1 N–H and O–H groups in total. The predicted molar refractivity (Wildman–Crippen MR) is 75.1 cm³/mol. The lowest BCUT2D eigenvalue weighted by molar-refractivity contribution is 0.482. The van der Waals surface area contributed by atoms with Crippen LogP contribution in [-0.2, 0) is 10.0 Å². The van der Waals surface area contributed by atoms with Gasteiger partial charge >= 0.3 is 0 Å². The van der Waals surface area contributed by atoms with Gasteiger partial charge in [-0.15, -0.1) is 0 Å². The molecule has 0 bridgehead atoms. The molecule has 1 atom stereocenters. The van der Waals surface area contributed by atoms with Gasteiger partial charge in [0, 0.05) is 6.04 Å². The van der Waals surface area contributed by atoms with E-state index in [-0.39, 0.29) is 10.9 Å². The summed E-state index contributed by atoms with van der Waals surface area (Å²) >= 11 is 0. The molecule has 0 saturated heterocycles. The molecule has 0 spiro atoms. The normalized spacial score (nSPS) is 13.3. The van der Waals surface area contributed by atoms with Gasteiger partial charge in [-0.3, -0.25) is 0 Å². The van der Waals surface area contributed by atoms with Crippen LogP contribution in [0.3, 0.4) is 0 Å². The van der Waals surface area contributed by atoms with Gasteiger partial charge < -0.3 is 0 Å². The lowest BCUT2D eigenvalue weighted by Crippen LogP contribution is -2.33.